The first-order chi connectivity index (χ1) is 9.58. The lowest BCUT2D eigenvalue weighted by atomic mass is 10.1. The van der Waals surface area contributed by atoms with Gasteiger partial charge in [0.15, 0.2) is 5.75 Å². The number of anilines is 2. The maximum atomic E-state index is 13.2. The van der Waals surface area contributed by atoms with Crippen LogP contribution in [0.5, 0.6) is 5.75 Å². The average molecular weight is 289 g/mol. The van der Waals surface area contributed by atoms with E-state index in [0.29, 0.717) is 17.1 Å². The quantitative estimate of drug-likeness (QED) is 0.710. The van der Waals surface area contributed by atoms with E-state index in [0.717, 1.165) is 20.8 Å². The zero-order valence-electron chi connectivity index (χ0n) is 10.7. The van der Waals surface area contributed by atoms with Crippen LogP contribution >= 0.6 is 11.3 Å². The number of ether oxygens (including phenoxy) is 1. The van der Waals surface area contributed by atoms with Gasteiger partial charge in [-0.3, -0.25) is 0 Å². The van der Waals surface area contributed by atoms with Crippen molar-refractivity contribution in [2.75, 3.05) is 18.6 Å². The molecule has 0 atom stereocenters. The van der Waals surface area contributed by atoms with E-state index in [2.05, 4.69) is 4.98 Å². The minimum absolute atomic E-state index is 0.276. The minimum Gasteiger partial charge on any atom is -0.492 e. The second kappa shape index (κ2) is 4.64. The Kier molecular flexibility index (Phi) is 2.94. The Morgan fingerprint density at radius 3 is 2.50 bits per heavy atom. The predicted molar refractivity (Wildman–Crippen MR) is 80.4 cm³/mol. The fourth-order valence-electron chi connectivity index (χ4n) is 2.06. The number of thiazole rings is 1. The van der Waals surface area contributed by atoms with Gasteiger partial charge in [0, 0.05) is 5.56 Å². The Balaban J connectivity index is 2.15. The van der Waals surface area contributed by atoms with Gasteiger partial charge >= 0.3 is 0 Å². The predicted octanol–water partition coefficient (Wildman–Crippen LogP) is 3.28. The molecule has 1 aromatic heterocycles. The van der Waals surface area contributed by atoms with Gasteiger partial charge < -0.3 is 16.2 Å². The van der Waals surface area contributed by atoms with Crippen molar-refractivity contribution in [3.63, 3.8) is 0 Å². The smallest absolute Gasteiger partial charge is 0.164 e. The molecule has 20 heavy (non-hydrogen) atoms. The summed E-state index contributed by atoms with van der Waals surface area (Å²) in [5.41, 5.74) is 14.2. The molecule has 0 aliphatic heterocycles. The summed E-state index contributed by atoms with van der Waals surface area (Å²) in [6.07, 6.45) is 0. The zero-order chi connectivity index (χ0) is 14.3. The van der Waals surface area contributed by atoms with Crippen molar-refractivity contribution in [1.82, 2.24) is 4.98 Å². The Morgan fingerprint density at radius 2 is 1.85 bits per heavy atom. The maximum Gasteiger partial charge on any atom is 0.164 e. The summed E-state index contributed by atoms with van der Waals surface area (Å²) in [4.78, 5) is 4.46. The number of nitrogens with two attached hydrogens (primary N) is 2. The molecule has 2 aromatic carbocycles. The average Bonchev–Trinajstić information content (AvgIpc) is 2.81. The molecule has 0 amide bonds. The van der Waals surface area contributed by atoms with E-state index in [1.165, 1.54) is 30.6 Å². The fourth-order valence-corrected chi connectivity index (χ4v) is 3.03. The van der Waals surface area contributed by atoms with Crippen molar-refractivity contribution in [3.05, 3.63) is 36.1 Å². The van der Waals surface area contributed by atoms with Crippen LogP contribution in [0.25, 0.3) is 20.8 Å². The van der Waals surface area contributed by atoms with E-state index in [1.807, 2.05) is 0 Å². The molecule has 0 spiro atoms. The normalized spacial score (nSPS) is 10.9. The van der Waals surface area contributed by atoms with Crippen LogP contribution in [0.15, 0.2) is 30.3 Å². The molecule has 4 nitrogen and oxygen atoms in total. The van der Waals surface area contributed by atoms with E-state index in [9.17, 15) is 4.39 Å². The molecular formula is C14H12FN3OS. The van der Waals surface area contributed by atoms with Gasteiger partial charge in [-0.2, -0.15) is 0 Å². The summed E-state index contributed by atoms with van der Waals surface area (Å²) >= 11 is 1.39. The first-order valence-corrected chi connectivity index (χ1v) is 6.69. The topological polar surface area (TPSA) is 74.2 Å². The molecule has 0 saturated heterocycles. The van der Waals surface area contributed by atoms with E-state index in [-0.39, 0.29) is 5.82 Å². The molecule has 0 aliphatic carbocycles. The summed E-state index contributed by atoms with van der Waals surface area (Å²) in [6, 6.07) is 8.02. The van der Waals surface area contributed by atoms with Crippen LogP contribution in [0.3, 0.4) is 0 Å². The van der Waals surface area contributed by atoms with Gasteiger partial charge in [-0.05, 0) is 30.3 Å². The van der Waals surface area contributed by atoms with Gasteiger partial charge in [0.05, 0.1) is 28.7 Å². The van der Waals surface area contributed by atoms with Crippen LogP contribution in [0.4, 0.5) is 15.8 Å². The Bertz CT molecular complexity index is 777. The second-order valence-corrected chi connectivity index (χ2v) is 5.35. The van der Waals surface area contributed by atoms with Crippen molar-refractivity contribution in [2.24, 2.45) is 0 Å². The van der Waals surface area contributed by atoms with Gasteiger partial charge in [-0.25, -0.2) is 9.37 Å². The SMILES string of the molecule is COc1c(N)cc(-c2nc3ccc(F)cc3s2)cc1N. The van der Waals surface area contributed by atoms with E-state index >= 15 is 0 Å². The van der Waals surface area contributed by atoms with Crippen molar-refractivity contribution in [1.29, 1.82) is 0 Å². The Morgan fingerprint density at radius 1 is 1.15 bits per heavy atom. The fraction of sp³-hybridized carbons (Fsp3) is 0.0714. The molecule has 102 valence electrons. The number of methoxy groups -OCH3 is 1. The highest BCUT2D eigenvalue weighted by Gasteiger charge is 2.12. The third-order valence-electron chi connectivity index (χ3n) is 2.95. The lowest BCUT2D eigenvalue weighted by Crippen LogP contribution is -1.98. The third-order valence-corrected chi connectivity index (χ3v) is 4.02. The number of aromatic nitrogens is 1. The zero-order valence-corrected chi connectivity index (χ0v) is 11.5. The van der Waals surface area contributed by atoms with Gasteiger partial charge in [0.25, 0.3) is 0 Å². The lowest BCUT2D eigenvalue weighted by molar-refractivity contribution is 0.419. The lowest BCUT2D eigenvalue weighted by Gasteiger charge is -2.09. The highest BCUT2D eigenvalue weighted by Crippen LogP contribution is 2.37. The highest BCUT2D eigenvalue weighted by atomic mass is 32.1. The number of nitrogen functional groups attached to an aromatic ring is 2. The van der Waals surface area contributed by atoms with Gasteiger partial charge in [-0.15, -0.1) is 11.3 Å². The molecule has 0 fully saturated rings. The van der Waals surface area contributed by atoms with Crippen LogP contribution in [0.1, 0.15) is 0 Å². The van der Waals surface area contributed by atoms with Gasteiger partial charge in [0.2, 0.25) is 0 Å². The van der Waals surface area contributed by atoms with Crippen molar-refractivity contribution >= 4 is 32.9 Å². The van der Waals surface area contributed by atoms with Gasteiger partial charge in [-0.1, -0.05) is 0 Å². The molecule has 3 rings (SSSR count). The highest BCUT2D eigenvalue weighted by molar-refractivity contribution is 7.21. The summed E-state index contributed by atoms with van der Waals surface area (Å²) in [6.45, 7) is 0. The standard InChI is InChI=1S/C14H12FN3OS/c1-19-13-9(16)4-7(5-10(13)17)14-18-11-3-2-8(15)6-12(11)20-14/h2-6H,16-17H2,1H3. The van der Waals surface area contributed by atoms with Crippen LogP contribution in [0.2, 0.25) is 0 Å². The van der Waals surface area contributed by atoms with Crippen LogP contribution in [-0.4, -0.2) is 12.1 Å². The summed E-state index contributed by atoms with van der Waals surface area (Å²) in [5.74, 6) is 0.183. The third kappa shape index (κ3) is 2.04. The first kappa shape index (κ1) is 12.7. The van der Waals surface area contributed by atoms with E-state index in [1.54, 1.807) is 18.2 Å². The molecule has 0 radical (unpaired) electrons. The number of rotatable bonds is 2. The van der Waals surface area contributed by atoms with Crippen LogP contribution in [-0.2, 0) is 0 Å². The first-order valence-electron chi connectivity index (χ1n) is 5.88. The molecule has 0 bridgehead atoms. The van der Waals surface area contributed by atoms with E-state index < -0.39 is 0 Å². The van der Waals surface area contributed by atoms with Crippen molar-refractivity contribution in [2.45, 2.75) is 0 Å². The summed E-state index contributed by atoms with van der Waals surface area (Å²) < 4.78 is 19.1. The number of fused-ring (bicyclic) bond motifs is 1. The largest absolute Gasteiger partial charge is 0.492 e. The number of hydrogen-bond donors (Lipinski definition) is 2. The Labute approximate surface area is 118 Å². The number of nitrogens with zero attached hydrogens (tertiary/aromatic N) is 1. The van der Waals surface area contributed by atoms with E-state index in [4.69, 9.17) is 16.2 Å². The number of benzene rings is 2. The molecule has 0 unspecified atom stereocenters. The van der Waals surface area contributed by atoms with Crippen LogP contribution in [0, 0.1) is 5.82 Å². The molecule has 4 N–H and O–H groups in total. The summed E-state index contributed by atoms with van der Waals surface area (Å²) in [7, 11) is 1.52. The Hall–Kier alpha value is -2.34. The molecule has 1 heterocycles. The minimum atomic E-state index is -0.276. The second-order valence-electron chi connectivity index (χ2n) is 4.32. The molecule has 3 aromatic rings. The number of halogens is 1. The molecule has 6 heteroatoms. The van der Waals surface area contributed by atoms with Crippen LogP contribution < -0.4 is 16.2 Å². The summed E-state index contributed by atoms with van der Waals surface area (Å²) in [5, 5.41) is 0.742. The molecule has 0 aliphatic rings. The molecular weight excluding hydrogens is 277 g/mol. The maximum absolute atomic E-state index is 13.2. The monoisotopic (exact) mass is 289 g/mol. The van der Waals surface area contributed by atoms with Crippen molar-refractivity contribution in [3.8, 4) is 16.3 Å². The molecule has 0 saturated carbocycles. The van der Waals surface area contributed by atoms with Crippen molar-refractivity contribution < 1.29 is 9.13 Å². The number of hydrogen-bond acceptors (Lipinski definition) is 5. The van der Waals surface area contributed by atoms with Gasteiger partial charge in [0.1, 0.15) is 10.8 Å².